The third kappa shape index (κ3) is 8.32. The molecule has 0 aromatic rings. The minimum Gasteiger partial charge on any atom is -0.378 e. The first-order valence-corrected chi connectivity index (χ1v) is 8.51. The number of hydrogen-bond acceptors (Lipinski definition) is 4. The number of hydrogen-bond donors (Lipinski definition) is 1. The van der Waals surface area contributed by atoms with Gasteiger partial charge in [0.1, 0.15) is 0 Å². The molecule has 0 aromatic heterocycles. The zero-order valence-electron chi connectivity index (χ0n) is 15.1. The van der Waals surface area contributed by atoms with Gasteiger partial charge in [-0.3, -0.25) is 9.59 Å². The van der Waals surface area contributed by atoms with Gasteiger partial charge >= 0.3 is 0 Å². The predicted molar refractivity (Wildman–Crippen MR) is 89.0 cm³/mol. The summed E-state index contributed by atoms with van der Waals surface area (Å²) in [6.45, 7) is 11.1. The average molecular weight is 328 g/mol. The molecular formula is C17H32N2O4. The number of likely N-dealkylation sites (tertiary alicyclic amines) is 1. The van der Waals surface area contributed by atoms with Crippen LogP contribution in [0.1, 0.15) is 40.5 Å². The van der Waals surface area contributed by atoms with Gasteiger partial charge in [-0.2, -0.15) is 0 Å². The number of ether oxygens (including phenoxy) is 2. The molecule has 0 aliphatic carbocycles. The van der Waals surface area contributed by atoms with Gasteiger partial charge in [0.05, 0.1) is 25.4 Å². The van der Waals surface area contributed by atoms with Crippen LogP contribution in [-0.4, -0.2) is 62.3 Å². The first kappa shape index (κ1) is 19.9. The molecule has 2 fully saturated rings. The van der Waals surface area contributed by atoms with E-state index in [0.717, 1.165) is 13.1 Å². The summed E-state index contributed by atoms with van der Waals surface area (Å²) in [6, 6.07) is 0. The SMILES string of the molecule is CC(C)OCC1CC(=O)N(C)C1.CC(C)OCC1CNC(=O)C1. The summed E-state index contributed by atoms with van der Waals surface area (Å²) in [5.74, 6) is 1.20. The van der Waals surface area contributed by atoms with Crippen LogP contribution in [0, 0.1) is 11.8 Å². The molecule has 2 amide bonds. The maximum absolute atomic E-state index is 11.1. The summed E-state index contributed by atoms with van der Waals surface area (Å²) in [6.07, 6.45) is 1.83. The third-order valence-electron chi connectivity index (χ3n) is 3.81. The Kier molecular flexibility index (Phi) is 8.55. The van der Waals surface area contributed by atoms with Gasteiger partial charge in [-0.1, -0.05) is 0 Å². The standard InChI is InChI=1S/C9H17NO2.C8H15NO2/c1-7(2)12-6-8-4-9(11)10(3)5-8;1-6(2)11-5-7-3-8(10)9-4-7/h7-8H,4-6H2,1-3H3;6-7H,3-5H2,1-2H3,(H,9,10). The van der Waals surface area contributed by atoms with Crippen LogP contribution in [0.4, 0.5) is 0 Å². The molecule has 134 valence electrons. The van der Waals surface area contributed by atoms with Crippen molar-refractivity contribution in [1.82, 2.24) is 10.2 Å². The lowest BCUT2D eigenvalue weighted by atomic mass is 10.1. The molecular weight excluding hydrogens is 296 g/mol. The third-order valence-corrected chi connectivity index (χ3v) is 3.81. The van der Waals surface area contributed by atoms with Crippen molar-refractivity contribution in [3.63, 3.8) is 0 Å². The second-order valence-corrected chi connectivity index (χ2v) is 6.98. The fraction of sp³-hybridized carbons (Fsp3) is 0.882. The van der Waals surface area contributed by atoms with Crippen LogP contribution in [0.2, 0.25) is 0 Å². The van der Waals surface area contributed by atoms with E-state index in [1.54, 1.807) is 4.90 Å². The molecule has 2 heterocycles. The maximum atomic E-state index is 11.1. The monoisotopic (exact) mass is 328 g/mol. The Balaban J connectivity index is 0.000000231. The minimum absolute atomic E-state index is 0.155. The van der Waals surface area contributed by atoms with Crippen LogP contribution in [0.3, 0.4) is 0 Å². The van der Waals surface area contributed by atoms with Crippen LogP contribution in [0.5, 0.6) is 0 Å². The van der Waals surface area contributed by atoms with Gasteiger partial charge in [0.15, 0.2) is 0 Å². The Morgan fingerprint density at radius 2 is 1.61 bits per heavy atom. The Morgan fingerprint density at radius 3 is 2.00 bits per heavy atom. The van der Waals surface area contributed by atoms with Gasteiger partial charge in [0.25, 0.3) is 0 Å². The van der Waals surface area contributed by atoms with Crippen LogP contribution >= 0.6 is 0 Å². The lowest BCUT2D eigenvalue weighted by Gasteiger charge is -2.12. The quantitative estimate of drug-likeness (QED) is 0.801. The van der Waals surface area contributed by atoms with Crippen LogP contribution < -0.4 is 5.32 Å². The van der Waals surface area contributed by atoms with E-state index in [1.807, 2.05) is 34.7 Å². The molecule has 0 saturated carbocycles. The number of rotatable bonds is 6. The zero-order chi connectivity index (χ0) is 17.4. The van der Waals surface area contributed by atoms with Crippen molar-refractivity contribution in [1.29, 1.82) is 0 Å². The second kappa shape index (κ2) is 9.88. The lowest BCUT2D eigenvalue weighted by molar-refractivity contribution is -0.126. The normalized spacial score (nSPS) is 24.2. The van der Waals surface area contributed by atoms with E-state index < -0.39 is 0 Å². The molecule has 2 aliphatic rings. The molecule has 0 spiro atoms. The number of nitrogens with one attached hydrogen (secondary N) is 1. The maximum Gasteiger partial charge on any atom is 0.222 e. The Bertz CT molecular complexity index is 385. The van der Waals surface area contributed by atoms with Crippen molar-refractivity contribution in [2.45, 2.75) is 52.7 Å². The first-order chi connectivity index (χ1) is 10.8. The predicted octanol–water partition coefficient (Wildman–Crippen LogP) is 1.44. The van der Waals surface area contributed by atoms with Crippen LogP contribution in [0.25, 0.3) is 0 Å². The van der Waals surface area contributed by atoms with E-state index in [2.05, 4.69) is 5.32 Å². The number of carbonyl (C=O) groups is 2. The molecule has 0 aromatic carbocycles. The van der Waals surface area contributed by atoms with Crippen molar-refractivity contribution < 1.29 is 19.1 Å². The molecule has 1 N–H and O–H groups in total. The summed E-state index contributed by atoms with van der Waals surface area (Å²) in [5, 5.41) is 2.77. The van der Waals surface area contributed by atoms with E-state index in [4.69, 9.17) is 9.47 Å². The van der Waals surface area contributed by atoms with E-state index in [9.17, 15) is 9.59 Å². The smallest absolute Gasteiger partial charge is 0.222 e. The Labute approximate surface area is 139 Å². The summed E-state index contributed by atoms with van der Waals surface area (Å²) >= 11 is 0. The number of carbonyl (C=O) groups excluding carboxylic acids is 2. The number of amides is 2. The molecule has 23 heavy (non-hydrogen) atoms. The summed E-state index contributed by atoms with van der Waals surface area (Å²) in [7, 11) is 1.84. The Morgan fingerprint density at radius 1 is 1.04 bits per heavy atom. The van der Waals surface area contributed by atoms with E-state index >= 15 is 0 Å². The first-order valence-electron chi connectivity index (χ1n) is 8.51. The van der Waals surface area contributed by atoms with E-state index in [0.29, 0.717) is 37.9 Å². The van der Waals surface area contributed by atoms with Gasteiger partial charge in [0, 0.05) is 44.8 Å². The van der Waals surface area contributed by atoms with E-state index in [-0.39, 0.29) is 24.0 Å². The molecule has 0 radical (unpaired) electrons. The van der Waals surface area contributed by atoms with E-state index in [1.165, 1.54) is 0 Å². The van der Waals surface area contributed by atoms with Crippen molar-refractivity contribution in [3.8, 4) is 0 Å². The lowest BCUT2D eigenvalue weighted by Crippen LogP contribution is -2.20. The topological polar surface area (TPSA) is 67.9 Å². The molecule has 2 aliphatic heterocycles. The van der Waals surface area contributed by atoms with Gasteiger partial charge in [-0.05, 0) is 27.7 Å². The molecule has 2 saturated heterocycles. The molecule has 6 nitrogen and oxygen atoms in total. The zero-order valence-corrected chi connectivity index (χ0v) is 15.1. The molecule has 2 unspecified atom stereocenters. The van der Waals surface area contributed by atoms with Gasteiger partial charge < -0.3 is 19.7 Å². The second-order valence-electron chi connectivity index (χ2n) is 6.98. The van der Waals surface area contributed by atoms with Crippen molar-refractivity contribution >= 4 is 11.8 Å². The average Bonchev–Trinajstić information content (AvgIpc) is 3.01. The van der Waals surface area contributed by atoms with Gasteiger partial charge in [-0.25, -0.2) is 0 Å². The highest BCUT2D eigenvalue weighted by atomic mass is 16.5. The van der Waals surface area contributed by atoms with Crippen LogP contribution in [0.15, 0.2) is 0 Å². The summed E-state index contributed by atoms with van der Waals surface area (Å²) in [4.78, 5) is 23.6. The highest BCUT2D eigenvalue weighted by Gasteiger charge is 2.26. The fourth-order valence-corrected chi connectivity index (χ4v) is 2.51. The van der Waals surface area contributed by atoms with Crippen molar-refractivity contribution in [2.24, 2.45) is 11.8 Å². The summed E-state index contributed by atoms with van der Waals surface area (Å²) in [5.41, 5.74) is 0. The molecule has 0 bridgehead atoms. The molecule has 2 rings (SSSR count). The number of nitrogens with zero attached hydrogens (tertiary/aromatic N) is 1. The molecule has 6 heteroatoms. The van der Waals surface area contributed by atoms with Gasteiger partial charge in [0.2, 0.25) is 11.8 Å². The fourth-order valence-electron chi connectivity index (χ4n) is 2.51. The highest BCUT2D eigenvalue weighted by Crippen LogP contribution is 2.16. The largest absolute Gasteiger partial charge is 0.378 e. The van der Waals surface area contributed by atoms with Crippen molar-refractivity contribution in [2.75, 3.05) is 33.4 Å². The van der Waals surface area contributed by atoms with Gasteiger partial charge in [-0.15, -0.1) is 0 Å². The Hall–Kier alpha value is -1.14. The highest BCUT2D eigenvalue weighted by molar-refractivity contribution is 5.78. The van der Waals surface area contributed by atoms with Crippen molar-refractivity contribution in [3.05, 3.63) is 0 Å². The minimum atomic E-state index is 0.155. The summed E-state index contributed by atoms with van der Waals surface area (Å²) < 4.78 is 10.8. The molecule has 2 atom stereocenters. The van der Waals surface area contributed by atoms with Crippen LogP contribution in [-0.2, 0) is 19.1 Å².